The molecule has 0 radical (unpaired) electrons. The van der Waals surface area contributed by atoms with Crippen LogP contribution in [-0.2, 0) is 4.79 Å². The average molecular weight is 156 g/mol. The van der Waals surface area contributed by atoms with Gasteiger partial charge in [-0.05, 0) is 10.8 Å². The number of hydrogen-bond acceptors (Lipinski definition) is 2. The number of carboxylic acids is 1. The van der Waals surface area contributed by atoms with E-state index in [1.165, 1.54) is 0 Å². The maximum absolute atomic E-state index is 9.25. The molecular formula is C7H8O2S. The van der Waals surface area contributed by atoms with Gasteiger partial charge >= 0.3 is 5.97 Å². The summed E-state index contributed by atoms with van der Waals surface area (Å²) in [6, 6.07) is 4.04. The lowest BCUT2D eigenvalue weighted by molar-refractivity contribution is -0.131. The van der Waals surface area contributed by atoms with Crippen molar-refractivity contribution in [3.8, 4) is 0 Å². The van der Waals surface area contributed by atoms with E-state index in [1.54, 1.807) is 11.3 Å². The van der Waals surface area contributed by atoms with Gasteiger partial charge in [-0.2, -0.15) is 11.3 Å². The van der Waals surface area contributed by atoms with Gasteiger partial charge in [-0.25, -0.2) is 4.79 Å². The zero-order chi connectivity index (χ0) is 7.82. The summed E-state index contributed by atoms with van der Waals surface area (Å²) in [5, 5.41) is 11.7. The minimum Gasteiger partial charge on any atom is -0.478 e. The molecule has 10 heavy (non-hydrogen) atoms. The van der Waals surface area contributed by atoms with E-state index in [1.807, 2.05) is 22.9 Å². The molecule has 3 heteroatoms. The van der Waals surface area contributed by atoms with Gasteiger partial charge in [0.2, 0.25) is 0 Å². The second-order valence-corrected chi connectivity index (χ2v) is 2.15. The van der Waals surface area contributed by atoms with E-state index in [4.69, 9.17) is 5.11 Å². The van der Waals surface area contributed by atoms with Gasteiger partial charge < -0.3 is 5.11 Å². The summed E-state index contributed by atoms with van der Waals surface area (Å²) < 4.78 is 0. The standard InChI is InChI=1S/C4H4S.C3H4O2/c1-2-4-5-3-1;1-2-3(4)5/h1-4H;2H,1H2,(H,4,5). The van der Waals surface area contributed by atoms with E-state index in [-0.39, 0.29) is 0 Å². The molecule has 0 atom stereocenters. The molecule has 1 rings (SSSR count). The molecule has 0 unspecified atom stereocenters. The Hall–Kier alpha value is -1.09. The summed E-state index contributed by atoms with van der Waals surface area (Å²) in [6.45, 7) is 2.96. The van der Waals surface area contributed by atoms with Crippen LogP contribution in [0.2, 0.25) is 0 Å². The van der Waals surface area contributed by atoms with E-state index >= 15 is 0 Å². The largest absolute Gasteiger partial charge is 0.478 e. The van der Waals surface area contributed by atoms with Crippen molar-refractivity contribution in [3.05, 3.63) is 35.5 Å². The molecule has 0 aliphatic rings. The quantitative estimate of drug-likeness (QED) is 0.631. The molecule has 0 bridgehead atoms. The number of rotatable bonds is 1. The number of thiophene rings is 1. The molecule has 1 N–H and O–H groups in total. The maximum Gasteiger partial charge on any atom is 0.327 e. The first-order chi connectivity index (χ1) is 4.77. The van der Waals surface area contributed by atoms with Crippen LogP contribution in [0.5, 0.6) is 0 Å². The van der Waals surface area contributed by atoms with Gasteiger partial charge in [-0.1, -0.05) is 18.7 Å². The van der Waals surface area contributed by atoms with Gasteiger partial charge in [-0.3, -0.25) is 0 Å². The maximum atomic E-state index is 9.25. The fourth-order valence-electron chi connectivity index (χ4n) is 0.227. The molecule has 0 fully saturated rings. The number of carboxylic acid groups (broad SMARTS) is 1. The van der Waals surface area contributed by atoms with Gasteiger partial charge in [0.1, 0.15) is 0 Å². The van der Waals surface area contributed by atoms with Crippen molar-refractivity contribution in [1.82, 2.24) is 0 Å². The van der Waals surface area contributed by atoms with Gasteiger partial charge in [0.25, 0.3) is 0 Å². The van der Waals surface area contributed by atoms with Crippen LogP contribution in [0, 0.1) is 0 Å². The molecule has 0 saturated heterocycles. The Kier molecular flexibility index (Phi) is 5.38. The van der Waals surface area contributed by atoms with Crippen LogP contribution in [0.4, 0.5) is 0 Å². The van der Waals surface area contributed by atoms with Crippen molar-refractivity contribution in [2.75, 3.05) is 0 Å². The van der Waals surface area contributed by atoms with Crippen LogP contribution >= 0.6 is 11.3 Å². The fourth-order valence-corrected chi connectivity index (χ4v) is 0.680. The van der Waals surface area contributed by atoms with E-state index in [2.05, 4.69) is 6.58 Å². The van der Waals surface area contributed by atoms with Crippen LogP contribution in [-0.4, -0.2) is 11.1 Å². The predicted molar refractivity (Wildman–Crippen MR) is 42.2 cm³/mol. The zero-order valence-electron chi connectivity index (χ0n) is 5.36. The lowest BCUT2D eigenvalue weighted by Crippen LogP contribution is -1.82. The van der Waals surface area contributed by atoms with E-state index in [0.717, 1.165) is 6.08 Å². The van der Waals surface area contributed by atoms with E-state index < -0.39 is 5.97 Å². The number of carbonyl (C=O) groups is 1. The Balaban J connectivity index is 0.000000162. The van der Waals surface area contributed by atoms with Crippen LogP contribution in [0.1, 0.15) is 0 Å². The first-order valence-corrected chi connectivity index (χ1v) is 3.54. The third-order valence-corrected chi connectivity index (χ3v) is 1.23. The summed E-state index contributed by atoms with van der Waals surface area (Å²) in [5.74, 6) is -0.981. The number of hydrogen-bond donors (Lipinski definition) is 1. The van der Waals surface area contributed by atoms with Crippen molar-refractivity contribution >= 4 is 17.3 Å². The smallest absolute Gasteiger partial charge is 0.327 e. The lowest BCUT2D eigenvalue weighted by Gasteiger charge is -1.64. The van der Waals surface area contributed by atoms with Crippen LogP contribution in [0.15, 0.2) is 35.5 Å². The Morgan fingerprint density at radius 1 is 1.50 bits per heavy atom. The zero-order valence-corrected chi connectivity index (χ0v) is 6.17. The Morgan fingerprint density at radius 3 is 2.00 bits per heavy atom. The Labute approximate surface area is 63.4 Å². The van der Waals surface area contributed by atoms with Gasteiger partial charge in [0.15, 0.2) is 0 Å². The lowest BCUT2D eigenvalue weighted by atomic mass is 10.7. The molecule has 0 aliphatic carbocycles. The molecule has 1 aromatic heterocycles. The number of aliphatic carboxylic acids is 1. The summed E-state index contributed by atoms with van der Waals surface area (Å²) >= 11 is 1.71. The summed E-state index contributed by atoms with van der Waals surface area (Å²) in [5.41, 5.74) is 0. The Morgan fingerprint density at radius 2 is 1.90 bits per heavy atom. The molecule has 1 heterocycles. The molecule has 0 aliphatic heterocycles. The SMILES string of the molecule is C=CC(=O)O.c1ccsc1. The van der Waals surface area contributed by atoms with Gasteiger partial charge in [0, 0.05) is 6.08 Å². The second kappa shape index (κ2) is 6.04. The van der Waals surface area contributed by atoms with Crippen molar-refractivity contribution < 1.29 is 9.90 Å². The van der Waals surface area contributed by atoms with E-state index in [9.17, 15) is 4.79 Å². The highest BCUT2D eigenvalue weighted by atomic mass is 32.1. The first kappa shape index (κ1) is 8.91. The molecule has 54 valence electrons. The molecule has 0 saturated carbocycles. The van der Waals surface area contributed by atoms with Crippen LogP contribution < -0.4 is 0 Å². The van der Waals surface area contributed by atoms with Crippen LogP contribution in [0.3, 0.4) is 0 Å². The summed E-state index contributed by atoms with van der Waals surface area (Å²) in [7, 11) is 0. The highest BCUT2D eigenvalue weighted by molar-refractivity contribution is 7.07. The van der Waals surface area contributed by atoms with Crippen molar-refractivity contribution in [2.45, 2.75) is 0 Å². The molecular weight excluding hydrogens is 148 g/mol. The van der Waals surface area contributed by atoms with Gasteiger partial charge in [-0.15, -0.1) is 0 Å². The van der Waals surface area contributed by atoms with Crippen molar-refractivity contribution in [2.24, 2.45) is 0 Å². The van der Waals surface area contributed by atoms with Gasteiger partial charge in [0.05, 0.1) is 0 Å². The first-order valence-electron chi connectivity index (χ1n) is 2.60. The summed E-state index contributed by atoms with van der Waals surface area (Å²) in [6.07, 6.45) is 0.833. The Bertz CT molecular complexity index is 162. The molecule has 1 aromatic rings. The topological polar surface area (TPSA) is 37.3 Å². The second-order valence-electron chi connectivity index (χ2n) is 1.34. The third-order valence-electron chi connectivity index (χ3n) is 0.600. The average Bonchev–Trinajstić information content (AvgIpc) is 2.43. The highest BCUT2D eigenvalue weighted by Gasteiger charge is 1.73. The molecule has 0 aromatic carbocycles. The predicted octanol–water partition coefficient (Wildman–Crippen LogP) is 2.01. The molecule has 0 amide bonds. The normalized spacial score (nSPS) is 7.20. The fraction of sp³-hybridized carbons (Fsp3) is 0. The monoisotopic (exact) mass is 156 g/mol. The van der Waals surface area contributed by atoms with Crippen molar-refractivity contribution in [1.29, 1.82) is 0 Å². The highest BCUT2D eigenvalue weighted by Crippen LogP contribution is 1.91. The molecule has 2 nitrogen and oxygen atoms in total. The minimum absolute atomic E-state index is 0.833. The third kappa shape index (κ3) is 6.91. The van der Waals surface area contributed by atoms with Crippen molar-refractivity contribution in [3.63, 3.8) is 0 Å². The molecule has 0 spiro atoms. The summed E-state index contributed by atoms with van der Waals surface area (Å²) in [4.78, 5) is 9.25. The minimum atomic E-state index is -0.981. The van der Waals surface area contributed by atoms with E-state index in [0.29, 0.717) is 0 Å². The van der Waals surface area contributed by atoms with Crippen LogP contribution in [0.25, 0.3) is 0 Å².